The Morgan fingerprint density at radius 1 is 0.962 bits per heavy atom. The molecule has 0 aromatic heterocycles. The smallest absolute Gasteiger partial charge is 0.306 e. The monoisotopic (exact) mass is 376 g/mol. The van der Waals surface area contributed by atoms with E-state index in [0.29, 0.717) is 12.8 Å². The van der Waals surface area contributed by atoms with Crippen LogP contribution in [0.25, 0.3) is 0 Å². The second-order valence-electron chi connectivity index (χ2n) is 6.31. The lowest BCUT2D eigenvalue weighted by atomic mass is 9.90. The van der Waals surface area contributed by atoms with Gasteiger partial charge >= 0.3 is 23.9 Å². The largest absolute Gasteiger partial charge is 0.481 e. The number of hydrogen-bond acceptors (Lipinski definition) is 8. The summed E-state index contributed by atoms with van der Waals surface area (Å²) in [7, 11) is 0. The van der Waals surface area contributed by atoms with E-state index < -0.39 is 41.6 Å². The second kappa shape index (κ2) is 11.4. The van der Waals surface area contributed by atoms with Crippen LogP contribution in [0, 0.1) is 0 Å². The Kier molecular flexibility index (Phi) is 10.5. The minimum atomic E-state index is -1.10. The third-order valence-electron chi connectivity index (χ3n) is 3.89. The lowest BCUT2D eigenvalue weighted by molar-refractivity contribution is -0.154. The summed E-state index contributed by atoms with van der Waals surface area (Å²) in [5.74, 6) is -3.51. The lowest BCUT2D eigenvalue weighted by Gasteiger charge is -2.32. The third-order valence-corrected chi connectivity index (χ3v) is 3.89. The van der Waals surface area contributed by atoms with Crippen LogP contribution in [0.5, 0.6) is 0 Å². The maximum atomic E-state index is 11.6. The number of esters is 2. The Hall–Kier alpha value is -2.20. The van der Waals surface area contributed by atoms with Gasteiger partial charge in [-0.1, -0.05) is 0 Å². The molecule has 0 aromatic rings. The van der Waals surface area contributed by atoms with E-state index in [1.165, 1.54) is 0 Å². The molecule has 0 saturated heterocycles. The molecule has 26 heavy (non-hydrogen) atoms. The fourth-order valence-electron chi connectivity index (χ4n) is 1.95. The molecule has 0 bridgehead atoms. The van der Waals surface area contributed by atoms with Crippen LogP contribution in [-0.2, 0) is 28.7 Å². The molecule has 0 fully saturated rings. The SMILES string of the molecule is CC(OC(=O)CCC(=O)O)C(C)(N)CCC(CN)OC(=O)CCC(=O)O. The Bertz CT molecular complexity index is 506. The maximum absolute atomic E-state index is 11.6. The fourth-order valence-corrected chi connectivity index (χ4v) is 1.95. The van der Waals surface area contributed by atoms with Gasteiger partial charge in [-0.25, -0.2) is 0 Å². The highest BCUT2D eigenvalue weighted by atomic mass is 16.5. The highest BCUT2D eigenvalue weighted by Crippen LogP contribution is 2.20. The quantitative estimate of drug-likeness (QED) is 0.320. The van der Waals surface area contributed by atoms with Crippen LogP contribution in [0.1, 0.15) is 52.4 Å². The van der Waals surface area contributed by atoms with Gasteiger partial charge in [0.05, 0.1) is 31.2 Å². The van der Waals surface area contributed by atoms with E-state index in [1.807, 2.05) is 0 Å². The van der Waals surface area contributed by atoms with E-state index >= 15 is 0 Å². The van der Waals surface area contributed by atoms with E-state index in [9.17, 15) is 19.2 Å². The zero-order valence-corrected chi connectivity index (χ0v) is 15.1. The summed E-state index contributed by atoms with van der Waals surface area (Å²) in [6.07, 6.45) is -1.85. The summed E-state index contributed by atoms with van der Waals surface area (Å²) in [6.45, 7) is 3.29. The van der Waals surface area contributed by atoms with Crippen LogP contribution in [0.3, 0.4) is 0 Å². The van der Waals surface area contributed by atoms with Crippen LogP contribution < -0.4 is 11.5 Å². The van der Waals surface area contributed by atoms with E-state index in [2.05, 4.69) is 0 Å². The molecule has 0 radical (unpaired) electrons. The average Bonchev–Trinajstić information content (AvgIpc) is 2.54. The van der Waals surface area contributed by atoms with Crippen LogP contribution in [0.4, 0.5) is 0 Å². The topological polar surface area (TPSA) is 179 Å². The molecule has 0 aromatic carbocycles. The molecule has 10 nitrogen and oxygen atoms in total. The maximum Gasteiger partial charge on any atom is 0.306 e. The molecule has 10 heteroatoms. The standard InChI is InChI=1S/C16H28N2O8/c1-10(25-14(23)5-3-12(19)20)16(2,18)8-7-11(9-17)26-15(24)6-4-13(21)22/h10-11H,3-9,17-18H2,1-2H3,(H,19,20)(H,21,22). The van der Waals surface area contributed by atoms with Gasteiger partial charge in [0, 0.05) is 6.54 Å². The first-order valence-corrected chi connectivity index (χ1v) is 8.29. The number of carbonyl (C=O) groups is 4. The summed E-state index contributed by atoms with van der Waals surface area (Å²) in [6, 6.07) is 0. The van der Waals surface area contributed by atoms with E-state index in [1.54, 1.807) is 13.8 Å². The van der Waals surface area contributed by atoms with Crippen molar-refractivity contribution in [1.82, 2.24) is 0 Å². The first kappa shape index (κ1) is 23.8. The fraction of sp³-hybridized carbons (Fsp3) is 0.750. The van der Waals surface area contributed by atoms with Crippen molar-refractivity contribution in [3.63, 3.8) is 0 Å². The van der Waals surface area contributed by atoms with Crippen molar-refractivity contribution in [2.45, 2.75) is 70.1 Å². The van der Waals surface area contributed by atoms with Gasteiger partial charge in [0.1, 0.15) is 12.2 Å². The number of hydrogen-bond donors (Lipinski definition) is 4. The predicted octanol–water partition coefficient (Wildman–Crippen LogP) is 0.0158. The zero-order valence-electron chi connectivity index (χ0n) is 15.1. The molecule has 3 unspecified atom stereocenters. The minimum Gasteiger partial charge on any atom is -0.481 e. The number of ether oxygens (including phenoxy) is 2. The van der Waals surface area contributed by atoms with Gasteiger partial charge in [0.25, 0.3) is 0 Å². The Morgan fingerprint density at radius 3 is 1.85 bits per heavy atom. The molecule has 0 aliphatic heterocycles. The molecule has 0 saturated carbocycles. The van der Waals surface area contributed by atoms with Crippen LogP contribution in [0.15, 0.2) is 0 Å². The zero-order chi connectivity index (χ0) is 20.3. The lowest BCUT2D eigenvalue weighted by Crippen LogP contribution is -2.49. The van der Waals surface area contributed by atoms with Crippen molar-refractivity contribution in [1.29, 1.82) is 0 Å². The molecule has 0 heterocycles. The Morgan fingerprint density at radius 2 is 1.42 bits per heavy atom. The van der Waals surface area contributed by atoms with Crippen LogP contribution in [0.2, 0.25) is 0 Å². The van der Waals surface area contributed by atoms with Crippen molar-refractivity contribution in [3.05, 3.63) is 0 Å². The number of carbonyl (C=O) groups excluding carboxylic acids is 2. The van der Waals surface area contributed by atoms with Crippen LogP contribution >= 0.6 is 0 Å². The summed E-state index contributed by atoms with van der Waals surface area (Å²) in [5.41, 5.74) is 10.8. The molecule has 0 spiro atoms. The summed E-state index contributed by atoms with van der Waals surface area (Å²) >= 11 is 0. The number of aliphatic carboxylic acids is 2. The molecular weight excluding hydrogens is 348 g/mol. The number of carboxylic acid groups (broad SMARTS) is 2. The van der Waals surface area contributed by atoms with Gasteiger partial charge < -0.3 is 31.2 Å². The molecule has 3 atom stereocenters. The summed E-state index contributed by atoms with van der Waals surface area (Å²) < 4.78 is 10.3. The van der Waals surface area contributed by atoms with Gasteiger partial charge in [-0.05, 0) is 26.7 Å². The average molecular weight is 376 g/mol. The molecule has 0 aliphatic carbocycles. The van der Waals surface area contributed by atoms with Gasteiger partial charge in [0.15, 0.2) is 0 Å². The molecular formula is C16H28N2O8. The number of rotatable bonds is 13. The van der Waals surface area contributed by atoms with Crippen molar-refractivity contribution >= 4 is 23.9 Å². The van der Waals surface area contributed by atoms with Gasteiger partial charge in [-0.2, -0.15) is 0 Å². The van der Waals surface area contributed by atoms with E-state index in [4.69, 9.17) is 31.2 Å². The van der Waals surface area contributed by atoms with E-state index in [0.717, 1.165) is 0 Å². The van der Waals surface area contributed by atoms with E-state index in [-0.39, 0.29) is 32.2 Å². The van der Waals surface area contributed by atoms with Crippen molar-refractivity contribution in [2.75, 3.05) is 6.54 Å². The third kappa shape index (κ3) is 10.6. The second-order valence-corrected chi connectivity index (χ2v) is 6.31. The van der Waals surface area contributed by atoms with Crippen LogP contribution in [-0.4, -0.2) is 58.4 Å². The summed E-state index contributed by atoms with van der Waals surface area (Å²) in [4.78, 5) is 44.0. The summed E-state index contributed by atoms with van der Waals surface area (Å²) in [5, 5.41) is 17.1. The Labute approximate surface area is 151 Å². The number of nitrogens with two attached hydrogens (primary N) is 2. The Balaban J connectivity index is 4.43. The molecule has 0 aliphatic rings. The van der Waals surface area contributed by atoms with Gasteiger partial charge in [-0.15, -0.1) is 0 Å². The highest BCUT2D eigenvalue weighted by molar-refractivity contribution is 5.77. The minimum absolute atomic E-state index is 0.0433. The van der Waals surface area contributed by atoms with Crippen molar-refractivity contribution in [3.8, 4) is 0 Å². The van der Waals surface area contributed by atoms with Gasteiger partial charge in [0.2, 0.25) is 0 Å². The normalized spacial score (nSPS) is 15.4. The highest BCUT2D eigenvalue weighted by Gasteiger charge is 2.31. The van der Waals surface area contributed by atoms with Gasteiger partial charge in [-0.3, -0.25) is 19.2 Å². The number of carboxylic acids is 2. The molecule has 0 amide bonds. The molecule has 150 valence electrons. The van der Waals surface area contributed by atoms with Crippen molar-refractivity contribution < 1.29 is 38.9 Å². The molecule has 6 N–H and O–H groups in total. The first-order chi connectivity index (χ1) is 12.0. The van der Waals surface area contributed by atoms with Crippen molar-refractivity contribution in [2.24, 2.45) is 11.5 Å². The first-order valence-electron chi connectivity index (χ1n) is 8.29. The molecule has 0 rings (SSSR count). The predicted molar refractivity (Wildman–Crippen MR) is 90.1 cm³/mol.